The number of nitrogens with zero attached hydrogens (tertiary/aromatic N) is 6. The van der Waals surface area contributed by atoms with Crippen LogP contribution >= 0.6 is 0 Å². The summed E-state index contributed by atoms with van der Waals surface area (Å²) in [5, 5.41) is 13.4. The molecular formula is C21H20N6O4S. The molecule has 0 amide bonds. The van der Waals surface area contributed by atoms with Crippen molar-refractivity contribution in [2.75, 3.05) is 4.31 Å². The van der Waals surface area contributed by atoms with Gasteiger partial charge in [-0.25, -0.2) is 14.3 Å². The number of carboxylic acids is 1. The molecule has 1 N–H and O–H groups in total. The summed E-state index contributed by atoms with van der Waals surface area (Å²) in [7, 11) is -4.38. The minimum absolute atomic E-state index is 0.0328. The van der Waals surface area contributed by atoms with Crippen LogP contribution in [0.1, 0.15) is 33.0 Å². The van der Waals surface area contributed by atoms with Crippen LogP contribution in [0.15, 0.2) is 53.8 Å². The van der Waals surface area contributed by atoms with Gasteiger partial charge in [0.2, 0.25) is 0 Å². The second kappa shape index (κ2) is 8.00. The van der Waals surface area contributed by atoms with Gasteiger partial charge in [0, 0.05) is 17.6 Å². The number of hydrogen-bond acceptors (Lipinski definition) is 7. The predicted octanol–water partition coefficient (Wildman–Crippen LogP) is 2.54. The molecule has 0 aliphatic carbocycles. The third kappa shape index (κ3) is 3.78. The van der Waals surface area contributed by atoms with E-state index < -0.39 is 21.1 Å². The summed E-state index contributed by atoms with van der Waals surface area (Å²) in [6.07, 6.45) is 1.54. The zero-order valence-corrected chi connectivity index (χ0v) is 18.4. The van der Waals surface area contributed by atoms with Crippen molar-refractivity contribution in [3.05, 3.63) is 76.9 Å². The molecule has 0 fully saturated rings. The average Bonchev–Trinajstić information content (AvgIpc) is 3.18. The minimum atomic E-state index is -4.38. The summed E-state index contributed by atoms with van der Waals surface area (Å²) in [4.78, 5) is 24.5. The molecule has 0 unspecified atom stereocenters. The van der Waals surface area contributed by atoms with Crippen LogP contribution < -0.4 is 4.31 Å². The lowest BCUT2D eigenvalue weighted by molar-refractivity contribution is 0.0697. The number of fused-ring (bicyclic) bond motifs is 1. The van der Waals surface area contributed by atoms with Crippen LogP contribution in [0.3, 0.4) is 0 Å². The van der Waals surface area contributed by atoms with Crippen LogP contribution in [0, 0.1) is 20.8 Å². The number of anilines is 1. The number of carbonyl (C=O) groups is 1. The Balaban J connectivity index is 1.95. The lowest BCUT2D eigenvalue weighted by atomic mass is 10.1. The van der Waals surface area contributed by atoms with Crippen LogP contribution in [-0.2, 0) is 16.6 Å². The van der Waals surface area contributed by atoms with Gasteiger partial charge in [0.15, 0.2) is 0 Å². The van der Waals surface area contributed by atoms with E-state index >= 15 is 0 Å². The third-order valence-electron chi connectivity index (χ3n) is 4.87. The zero-order chi connectivity index (χ0) is 23.0. The molecule has 32 heavy (non-hydrogen) atoms. The monoisotopic (exact) mass is 452 g/mol. The molecule has 10 nitrogen and oxygen atoms in total. The van der Waals surface area contributed by atoms with E-state index in [0.29, 0.717) is 22.6 Å². The number of para-hydroxylation sites is 1. The molecule has 1 aromatic carbocycles. The lowest BCUT2D eigenvalue weighted by Gasteiger charge is -2.25. The summed E-state index contributed by atoms with van der Waals surface area (Å²) in [6, 6.07) is 11.4. The Bertz CT molecular complexity index is 1430. The van der Waals surface area contributed by atoms with Gasteiger partial charge < -0.3 is 5.11 Å². The Labute approximate surface area is 184 Å². The van der Waals surface area contributed by atoms with Crippen LogP contribution in [0.5, 0.6) is 0 Å². The van der Waals surface area contributed by atoms with E-state index in [1.54, 1.807) is 57.2 Å². The number of aromatic nitrogens is 5. The maximum atomic E-state index is 13.8. The Morgan fingerprint density at radius 1 is 1.09 bits per heavy atom. The normalized spacial score (nSPS) is 11.6. The number of rotatable bonds is 6. The first-order valence-corrected chi connectivity index (χ1v) is 11.1. The number of benzene rings is 1. The second-order valence-electron chi connectivity index (χ2n) is 7.25. The average molecular weight is 452 g/mol. The highest BCUT2D eigenvalue weighted by Gasteiger charge is 2.34. The SMILES string of the molecule is Cc1cc(C)n2nc(S(=O)(=O)N(Cc3ccccn3)c3c(C)cccc3C(=O)O)nc2n1. The molecule has 0 bridgehead atoms. The van der Waals surface area contributed by atoms with Gasteiger partial charge in [0.1, 0.15) is 0 Å². The summed E-state index contributed by atoms with van der Waals surface area (Å²) in [5.41, 5.74) is 2.12. The molecule has 0 atom stereocenters. The summed E-state index contributed by atoms with van der Waals surface area (Å²) in [6.45, 7) is 4.99. The molecular weight excluding hydrogens is 432 g/mol. The van der Waals surface area contributed by atoms with E-state index in [0.717, 1.165) is 4.31 Å². The summed E-state index contributed by atoms with van der Waals surface area (Å²) < 4.78 is 29.9. The van der Waals surface area contributed by atoms with Crippen molar-refractivity contribution in [3.8, 4) is 0 Å². The topological polar surface area (TPSA) is 131 Å². The Kier molecular flexibility index (Phi) is 5.35. The second-order valence-corrected chi connectivity index (χ2v) is 9.01. The van der Waals surface area contributed by atoms with E-state index in [1.807, 2.05) is 0 Å². The Hall–Kier alpha value is -3.86. The fraction of sp³-hybridized carbons (Fsp3) is 0.190. The first-order valence-electron chi connectivity index (χ1n) is 9.65. The molecule has 164 valence electrons. The van der Waals surface area contributed by atoms with Gasteiger partial charge in [-0.05, 0) is 50.6 Å². The molecule has 4 rings (SSSR count). The minimum Gasteiger partial charge on any atom is -0.478 e. The van der Waals surface area contributed by atoms with Gasteiger partial charge in [-0.2, -0.15) is 13.4 Å². The van der Waals surface area contributed by atoms with E-state index in [-0.39, 0.29) is 23.6 Å². The van der Waals surface area contributed by atoms with Crippen molar-refractivity contribution in [2.24, 2.45) is 0 Å². The summed E-state index contributed by atoms with van der Waals surface area (Å²) >= 11 is 0. The van der Waals surface area contributed by atoms with E-state index in [4.69, 9.17) is 0 Å². The van der Waals surface area contributed by atoms with Gasteiger partial charge in [0.05, 0.1) is 23.5 Å². The number of pyridine rings is 1. The van der Waals surface area contributed by atoms with E-state index in [2.05, 4.69) is 20.1 Å². The van der Waals surface area contributed by atoms with Crippen molar-refractivity contribution in [1.29, 1.82) is 0 Å². The molecule has 4 aromatic rings. The highest BCUT2D eigenvalue weighted by molar-refractivity contribution is 7.92. The summed E-state index contributed by atoms with van der Waals surface area (Å²) in [5.74, 6) is -1.11. The van der Waals surface area contributed by atoms with Gasteiger partial charge in [-0.1, -0.05) is 18.2 Å². The molecule has 0 saturated carbocycles. The zero-order valence-electron chi connectivity index (χ0n) is 17.6. The van der Waals surface area contributed by atoms with Crippen molar-refractivity contribution < 1.29 is 18.3 Å². The fourth-order valence-corrected chi connectivity index (χ4v) is 4.81. The fourth-order valence-electron chi connectivity index (χ4n) is 3.44. The van der Waals surface area contributed by atoms with Crippen LogP contribution in [-0.4, -0.2) is 44.1 Å². The molecule has 0 aliphatic heterocycles. The predicted molar refractivity (Wildman–Crippen MR) is 116 cm³/mol. The molecule has 0 saturated heterocycles. The number of carboxylic acid groups (broad SMARTS) is 1. The largest absolute Gasteiger partial charge is 0.478 e. The van der Waals surface area contributed by atoms with E-state index in [9.17, 15) is 18.3 Å². The number of aromatic carboxylic acids is 1. The van der Waals surface area contributed by atoms with Crippen molar-refractivity contribution >= 4 is 27.5 Å². The number of hydrogen-bond donors (Lipinski definition) is 1. The Morgan fingerprint density at radius 3 is 2.56 bits per heavy atom. The molecule has 11 heteroatoms. The molecule has 0 radical (unpaired) electrons. The van der Waals surface area contributed by atoms with Crippen molar-refractivity contribution in [2.45, 2.75) is 32.5 Å². The Morgan fingerprint density at radius 2 is 1.88 bits per heavy atom. The molecule has 3 heterocycles. The maximum absolute atomic E-state index is 13.8. The molecule has 3 aromatic heterocycles. The highest BCUT2D eigenvalue weighted by atomic mass is 32.2. The smallest absolute Gasteiger partial charge is 0.337 e. The van der Waals surface area contributed by atoms with Crippen LogP contribution in [0.4, 0.5) is 5.69 Å². The quantitative estimate of drug-likeness (QED) is 0.472. The van der Waals surface area contributed by atoms with Crippen molar-refractivity contribution in [1.82, 2.24) is 24.6 Å². The molecule has 0 aliphatic rings. The van der Waals surface area contributed by atoms with Gasteiger partial charge in [-0.3, -0.25) is 9.29 Å². The van der Waals surface area contributed by atoms with Crippen LogP contribution in [0.25, 0.3) is 5.78 Å². The first kappa shape index (κ1) is 21.4. The van der Waals surface area contributed by atoms with Crippen molar-refractivity contribution in [3.63, 3.8) is 0 Å². The number of aryl methyl sites for hydroxylation is 3. The van der Waals surface area contributed by atoms with Crippen LogP contribution in [0.2, 0.25) is 0 Å². The van der Waals surface area contributed by atoms with Gasteiger partial charge in [0.25, 0.3) is 10.9 Å². The standard InChI is InChI=1S/C21H20N6O4S/c1-13-7-6-9-17(19(28)29)18(13)26(12-16-8-4-5-10-22-16)32(30,31)21-24-20-23-14(2)11-15(3)27(20)25-21/h4-11H,12H2,1-3H3,(H,28,29). The van der Waals surface area contributed by atoms with E-state index in [1.165, 1.54) is 16.8 Å². The molecule has 0 spiro atoms. The van der Waals surface area contributed by atoms with Gasteiger partial charge in [-0.15, -0.1) is 5.10 Å². The first-order chi connectivity index (χ1) is 15.2. The van der Waals surface area contributed by atoms with Gasteiger partial charge >= 0.3 is 16.0 Å². The lowest BCUT2D eigenvalue weighted by Crippen LogP contribution is -2.33. The third-order valence-corrected chi connectivity index (χ3v) is 6.40. The maximum Gasteiger partial charge on any atom is 0.337 e. The number of sulfonamides is 1. The highest BCUT2D eigenvalue weighted by Crippen LogP contribution is 2.31.